The van der Waals surface area contributed by atoms with Gasteiger partial charge >= 0.3 is 0 Å². The number of amides is 1. The van der Waals surface area contributed by atoms with E-state index in [9.17, 15) is 13.6 Å². The first-order chi connectivity index (χ1) is 12.5. The van der Waals surface area contributed by atoms with Crippen molar-refractivity contribution in [2.24, 2.45) is 0 Å². The summed E-state index contributed by atoms with van der Waals surface area (Å²) in [6, 6.07) is 16.2. The van der Waals surface area contributed by atoms with E-state index in [0.29, 0.717) is 22.6 Å². The minimum Gasteiger partial charge on any atom is -0.457 e. The molecule has 0 bridgehead atoms. The smallest absolute Gasteiger partial charge is 0.236 e. The maximum Gasteiger partial charge on any atom is 0.236 e. The SMILES string of the molecule is O=C(Nc1c(F)cc(F)cc1Br)C1c2ccccc2Oc2ccccc21. The first-order valence-corrected chi connectivity index (χ1v) is 8.65. The number of hydrogen-bond donors (Lipinski definition) is 1. The van der Waals surface area contributed by atoms with E-state index < -0.39 is 23.5 Å². The molecule has 0 unspecified atom stereocenters. The van der Waals surface area contributed by atoms with Gasteiger partial charge in [0.15, 0.2) is 5.82 Å². The van der Waals surface area contributed by atoms with Gasteiger partial charge in [0.05, 0.1) is 11.6 Å². The lowest BCUT2D eigenvalue weighted by atomic mass is 9.87. The summed E-state index contributed by atoms with van der Waals surface area (Å²) in [7, 11) is 0. The zero-order valence-corrected chi connectivity index (χ0v) is 14.9. The predicted molar refractivity (Wildman–Crippen MR) is 97.5 cm³/mol. The molecule has 6 heteroatoms. The van der Waals surface area contributed by atoms with Gasteiger partial charge in [-0.1, -0.05) is 36.4 Å². The number of halogens is 3. The van der Waals surface area contributed by atoms with Gasteiger partial charge in [0.1, 0.15) is 17.3 Å². The van der Waals surface area contributed by atoms with E-state index in [2.05, 4.69) is 21.2 Å². The zero-order valence-electron chi connectivity index (χ0n) is 13.3. The largest absolute Gasteiger partial charge is 0.457 e. The van der Waals surface area contributed by atoms with Crippen LogP contribution in [0, 0.1) is 11.6 Å². The Bertz CT molecular complexity index is 954. The van der Waals surface area contributed by atoms with Crippen LogP contribution in [0.3, 0.4) is 0 Å². The van der Waals surface area contributed by atoms with Gasteiger partial charge in [-0.2, -0.15) is 0 Å². The van der Waals surface area contributed by atoms with Gasteiger partial charge in [0, 0.05) is 21.7 Å². The fourth-order valence-electron chi connectivity index (χ4n) is 3.05. The van der Waals surface area contributed by atoms with Crippen molar-refractivity contribution < 1.29 is 18.3 Å². The number of fused-ring (bicyclic) bond motifs is 2. The topological polar surface area (TPSA) is 38.3 Å². The third-order valence-electron chi connectivity index (χ3n) is 4.20. The second kappa shape index (κ2) is 6.53. The van der Waals surface area contributed by atoms with E-state index in [0.717, 1.165) is 12.1 Å². The number of benzene rings is 3. The maximum atomic E-state index is 14.1. The monoisotopic (exact) mass is 415 g/mol. The summed E-state index contributed by atoms with van der Waals surface area (Å²) in [5.74, 6) is -1.53. The highest BCUT2D eigenvalue weighted by Gasteiger charge is 2.33. The molecule has 0 atom stereocenters. The number of ether oxygens (including phenoxy) is 1. The number of para-hydroxylation sites is 2. The Kier molecular flexibility index (Phi) is 4.20. The predicted octanol–water partition coefficient (Wildman–Crippen LogP) is 5.60. The van der Waals surface area contributed by atoms with Gasteiger partial charge in [-0.25, -0.2) is 8.78 Å². The fourth-order valence-corrected chi connectivity index (χ4v) is 3.56. The minimum absolute atomic E-state index is 0.0992. The zero-order chi connectivity index (χ0) is 18.3. The summed E-state index contributed by atoms with van der Waals surface area (Å²) in [4.78, 5) is 13.0. The molecule has 0 saturated carbocycles. The molecule has 3 aromatic carbocycles. The van der Waals surface area contributed by atoms with Crippen molar-refractivity contribution in [3.63, 3.8) is 0 Å². The first kappa shape index (κ1) is 16.7. The maximum absolute atomic E-state index is 14.1. The third-order valence-corrected chi connectivity index (χ3v) is 4.82. The van der Waals surface area contributed by atoms with Crippen LogP contribution in [0.25, 0.3) is 0 Å². The molecule has 0 fully saturated rings. The number of hydrogen-bond acceptors (Lipinski definition) is 2. The number of nitrogens with one attached hydrogen (secondary N) is 1. The normalized spacial score (nSPS) is 12.7. The lowest BCUT2D eigenvalue weighted by Gasteiger charge is -2.27. The summed E-state index contributed by atoms with van der Waals surface area (Å²) in [5, 5.41) is 2.57. The van der Waals surface area contributed by atoms with Crippen LogP contribution in [0.4, 0.5) is 14.5 Å². The average Bonchev–Trinajstić information content (AvgIpc) is 2.62. The summed E-state index contributed by atoms with van der Waals surface area (Å²) in [5.41, 5.74) is 1.27. The van der Waals surface area contributed by atoms with Crippen LogP contribution in [0.2, 0.25) is 0 Å². The van der Waals surface area contributed by atoms with Gasteiger partial charge in [-0.05, 0) is 34.1 Å². The molecule has 130 valence electrons. The molecule has 0 aromatic heterocycles. The first-order valence-electron chi connectivity index (χ1n) is 7.85. The number of carbonyl (C=O) groups excluding carboxylic acids is 1. The molecule has 1 aliphatic rings. The summed E-state index contributed by atoms with van der Waals surface area (Å²) in [6.45, 7) is 0. The molecule has 0 spiro atoms. The highest BCUT2D eigenvalue weighted by atomic mass is 79.9. The Morgan fingerprint density at radius 1 is 0.962 bits per heavy atom. The van der Waals surface area contributed by atoms with Crippen molar-refractivity contribution in [3.8, 4) is 11.5 Å². The highest BCUT2D eigenvalue weighted by Crippen LogP contribution is 2.44. The van der Waals surface area contributed by atoms with Crippen LogP contribution in [-0.4, -0.2) is 5.91 Å². The van der Waals surface area contributed by atoms with E-state index in [-0.39, 0.29) is 10.2 Å². The summed E-state index contributed by atoms with van der Waals surface area (Å²) in [6.07, 6.45) is 0. The van der Waals surface area contributed by atoms with E-state index >= 15 is 0 Å². The quantitative estimate of drug-likeness (QED) is 0.591. The van der Waals surface area contributed by atoms with Gasteiger partial charge in [-0.15, -0.1) is 0 Å². The molecule has 0 aliphatic carbocycles. The van der Waals surface area contributed by atoms with Crippen molar-refractivity contribution in [2.75, 3.05) is 5.32 Å². The van der Waals surface area contributed by atoms with Crippen LogP contribution >= 0.6 is 15.9 Å². The molecule has 1 amide bonds. The minimum atomic E-state index is -0.848. The van der Waals surface area contributed by atoms with E-state index in [4.69, 9.17) is 4.74 Å². The van der Waals surface area contributed by atoms with E-state index in [1.165, 1.54) is 0 Å². The van der Waals surface area contributed by atoms with Crippen LogP contribution in [0.5, 0.6) is 11.5 Å². The Morgan fingerprint density at radius 3 is 2.12 bits per heavy atom. The fraction of sp³-hybridized carbons (Fsp3) is 0.0500. The molecule has 0 saturated heterocycles. The number of rotatable bonds is 2. The summed E-state index contributed by atoms with van der Waals surface area (Å²) < 4.78 is 33.4. The van der Waals surface area contributed by atoms with E-state index in [1.807, 2.05) is 24.3 Å². The molecule has 4 rings (SSSR count). The molecular weight excluding hydrogens is 404 g/mol. The lowest BCUT2D eigenvalue weighted by Crippen LogP contribution is -2.25. The van der Waals surface area contributed by atoms with Crippen LogP contribution in [-0.2, 0) is 4.79 Å². The van der Waals surface area contributed by atoms with Crippen LogP contribution in [0.1, 0.15) is 17.0 Å². The second-order valence-electron chi connectivity index (χ2n) is 5.84. The Morgan fingerprint density at radius 2 is 1.54 bits per heavy atom. The van der Waals surface area contributed by atoms with Gasteiger partial charge in [0.2, 0.25) is 5.91 Å². The Balaban J connectivity index is 1.77. The molecule has 1 N–H and O–H groups in total. The standard InChI is InChI=1S/C20H12BrF2NO2/c21-14-9-11(22)10-15(23)19(14)24-20(25)18-12-5-1-3-7-16(12)26-17-8-4-2-6-13(17)18/h1-10,18H,(H,24,25). The molecule has 3 aromatic rings. The van der Waals surface area contributed by atoms with Gasteiger partial charge < -0.3 is 10.1 Å². The Labute approximate surface area is 156 Å². The van der Waals surface area contributed by atoms with E-state index in [1.54, 1.807) is 24.3 Å². The van der Waals surface area contributed by atoms with Crippen molar-refractivity contribution >= 4 is 27.5 Å². The van der Waals surface area contributed by atoms with Gasteiger partial charge in [-0.3, -0.25) is 4.79 Å². The lowest BCUT2D eigenvalue weighted by molar-refractivity contribution is -0.116. The van der Waals surface area contributed by atoms with Gasteiger partial charge in [0.25, 0.3) is 0 Å². The molecule has 3 nitrogen and oxygen atoms in total. The van der Waals surface area contributed by atoms with Crippen molar-refractivity contribution in [1.29, 1.82) is 0 Å². The number of anilines is 1. The van der Waals surface area contributed by atoms with Crippen LogP contribution < -0.4 is 10.1 Å². The highest BCUT2D eigenvalue weighted by molar-refractivity contribution is 9.10. The van der Waals surface area contributed by atoms with Crippen LogP contribution in [0.15, 0.2) is 65.1 Å². The molecular formula is C20H12BrF2NO2. The van der Waals surface area contributed by atoms with Crippen molar-refractivity contribution in [1.82, 2.24) is 0 Å². The molecule has 26 heavy (non-hydrogen) atoms. The third kappa shape index (κ3) is 2.86. The van der Waals surface area contributed by atoms with Crippen molar-refractivity contribution in [3.05, 3.63) is 87.9 Å². The summed E-state index contributed by atoms with van der Waals surface area (Å²) >= 11 is 3.09. The number of carbonyl (C=O) groups is 1. The molecule has 1 heterocycles. The second-order valence-corrected chi connectivity index (χ2v) is 6.70. The average molecular weight is 416 g/mol. The van der Waals surface area contributed by atoms with Crippen molar-refractivity contribution in [2.45, 2.75) is 5.92 Å². The molecule has 0 radical (unpaired) electrons. The molecule has 1 aliphatic heterocycles. The Hall–Kier alpha value is -2.73.